The second kappa shape index (κ2) is 31.6. The van der Waals surface area contributed by atoms with Crippen molar-refractivity contribution in [2.24, 2.45) is 0 Å². The van der Waals surface area contributed by atoms with Gasteiger partial charge in [-0.1, -0.05) is 0 Å². The fourth-order valence-corrected chi connectivity index (χ4v) is 0. The Morgan fingerprint density at radius 1 is 0.600 bits per heavy atom. The first-order valence-corrected chi connectivity index (χ1v) is 0. The minimum Gasteiger partial charge on any atom is -2.00 e. The van der Waals surface area contributed by atoms with Gasteiger partial charge < -0.3 is 5.48 Å². The molecule has 0 aliphatic heterocycles. The molecule has 0 rings (SSSR count). The molecule has 5 heteroatoms. The van der Waals surface area contributed by atoms with Gasteiger partial charge in [-0.05, 0) is 0 Å². The van der Waals surface area contributed by atoms with Crippen LogP contribution in [0.2, 0.25) is 0 Å². The summed E-state index contributed by atoms with van der Waals surface area (Å²) in [6.07, 6.45) is 0. The Morgan fingerprint density at radius 2 is 0.600 bits per heavy atom. The van der Waals surface area contributed by atoms with Gasteiger partial charge in [0.25, 0.3) is 0 Å². The summed E-state index contributed by atoms with van der Waals surface area (Å²) in [7, 11) is 0. The molecule has 0 aromatic heterocycles. The van der Waals surface area contributed by atoms with E-state index in [-0.39, 0.29) is 86.0 Å². The Hall–Kier alpha value is 2.48. The maximum atomic E-state index is 0. The predicted molar refractivity (Wildman–Crippen MR) is 16.1 cm³/mol. The number of rotatable bonds is 0. The van der Waals surface area contributed by atoms with Crippen LogP contribution in [-0.2, 0) is 5.48 Å². The molecule has 0 atom stereocenters. The molecule has 0 fully saturated rings. The zero-order valence-electron chi connectivity index (χ0n) is 3.82. The van der Waals surface area contributed by atoms with Crippen molar-refractivity contribution in [3.05, 3.63) is 0 Å². The number of hydrogen-bond donors (Lipinski definition) is 0. The summed E-state index contributed by atoms with van der Waals surface area (Å²) < 4.78 is 0. The molecule has 0 aliphatic rings. The first kappa shape index (κ1) is 51.0. The van der Waals surface area contributed by atoms with E-state index in [0.717, 1.165) is 0 Å². The maximum absolute atomic E-state index is 0. The smallest absolute Gasteiger partial charge is 1.00 e. The summed E-state index contributed by atoms with van der Waals surface area (Å²) in [4.78, 5) is 0. The third kappa shape index (κ3) is 21.1. The summed E-state index contributed by atoms with van der Waals surface area (Å²) in [5.41, 5.74) is 0. The average molecular weight is 165 g/mol. The zero-order chi connectivity index (χ0) is 0. The van der Waals surface area contributed by atoms with Crippen LogP contribution in [0.5, 0.6) is 0 Å². The van der Waals surface area contributed by atoms with Crippen molar-refractivity contribution in [2.45, 2.75) is 0 Å². The van der Waals surface area contributed by atoms with Gasteiger partial charge in [-0.2, -0.15) is 0 Å². The molecule has 0 radical (unpaired) electrons. The summed E-state index contributed by atoms with van der Waals surface area (Å²) in [5.74, 6) is 0. The Balaban J connectivity index is 0. The van der Waals surface area contributed by atoms with E-state index in [9.17, 15) is 0 Å². The average Bonchev–Trinajstić information content (AvgIpc) is 0. The van der Waals surface area contributed by atoms with Crippen LogP contribution in [0.4, 0.5) is 0 Å². The van der Waals surface area contributed by atoms with Gasteiger partial charge in [0.15, 0.2) is 0 Å². The van der Waals surface area contributed by atoms with Crippen molar-refractivity contribution in [3.63, 3.8) is 0 Å². The summed E-state index contributed by atoms with van der Waals surface area (Å²) in [6, 6.07) is 0. The van der Waals surface area contributed by atoms with Crippen LogP contribution in [-0.4, -0.2) is 0 Å². The van der Waals surface area contributed by atoms with Crippen molar-refractivity contribution in [2.75, 3.05) is 0 Å². The molecule has 5 heavy (non-hydrogen) atoms. The molecule has 0 bridgehead atoms. The molecule has 0 aromatic carbocycles. The predicted octanol–water partition coefficient (Wildman–Crippen LogP) is -8.49. The molecule has 0 heterocycles. The van der Waals surface area contributed by atoms with E-state index < -0.39 is 0 Å². The molecular weight excluding hydrogens is 164 g/mol. The van der Waals surface area contributed by atoms with Gasteiger partial charge in [0, 0.05) is 0 Å². The minimum absolute atomic E-state index is 0. The minimum atomic E-state index is 0. The van der Waals surface area contributed by atoms with Gasteiger partial charge in [0.05, 0.1) is 0 Å². The molecule has 0 unspecified atom stereocenters. The van der Waals surface area contributed by atoms with Gasteiger partial charge in [0.1, 0.15) is 0 Å². The maximum Gasteiger partial charge on any atom is 1.00 e. The van der Waals surface area contributed by atoms with Crippen LogP contribution in [0, 0.1) is 0 Å². The van der Waals surface area contributed by atoms with Crippen molar-refractivity contribution >= 4 is 24.0 Å². The van der Waals surface area contributed by atoms with E-state index in [4.69, 9.17) is 0 Å². The third-order valence-electron chi connectivity index (χ3n) is 0. The van der Waals surface area contributed by atoms with Crippen LogP contribution in [0.1, 0.15) is 0 Å². The number of halogens is 1. The molecule has 16 valence electrons. The van der Waals surface area contributed by atoms with Crippen LogP contribution in [0.3, 0.4) is 0 Å². The fourth-order valence-electron chi connectivity index (χ4n) is 0. The monoisotopic (exact) mass is 165 g/mol. The van der Waals surface area contributed by atoms with Gasteiger partial charge >= 0.3 is 56.6 Å². The normalized spacial score (nSPS) is 0. The Morgan fingerprint density at radius 3 is 0.600 bits per heavy atom. The van der Waals surface area contributed by atoms with E-state index in [1.165, 1.54) is 0 Å². The van der Waals surface area contributed by atoms with Gasteiger partial charge in [-0.25, -0.2) is 0 Å². The second-order valence-corrected chi connectivity index (χ2v) is 0. The standard InChI is InChI=1S/HI.3Li.O/h1H;;;;/q;3*+1;-2. The zero-order valence-corrected chi connectivity index (χ0v) is 6.15. The molecule has 0 amide bonds. The Bertz CT molecular complexity index is 6.85. The van der Waals surface area contributed by atoms with Gasteiger partial charge in [0.2, 0.25) is 0 Å². The van der Waals surface area contributed by atoms with E-state index >= 15 is 0 Å². The summed E-state index contributed by atoms with van der Waals surface area (Å²) in [5, 5.41) is 0. The molecular formula is HILi3O+. The topological polar surface area (TPSA) is 28.5 Å². The van der Waals surface area contributed by atoms with Crippen LogP contribution in [0.15, 0.2) is 0 Å². The van der Waals surface area contributed by atoms with E-state index in [1.807, 2.05) is 0 Å². The Kier molecular flexibility index (Phi) is 323. The van der Waals surface area contributed by atoms with Gasteiger partial charge in [-0.15, -0.1) is 24.0 Å². The van der Waals surface area contributed by atoms with Crippen molar-refractivity contribution in [1.29, 1.82) is 0 Å². The molecule has 0 spiro atoms. The molecule has 0 N–H and O–H groups in total. The number of hydrogen-bond acceptors (Lipinski definition) is 0. The van der Waals surface area contributed by atoms with Crippen LogP contribution < -0.4 is 56.6 Å². The molecule has 0 saturated carbocycles. The second-order valence-electron chi connectivity index (χ2n) is 0. The molecule has 1 nitrogen and oxygen atoms in total. The van der Waals surface area contributed by atoms with Crippen molar-refractivity contribution in [1.82, 2.24) is 0 Å². The summed E-state index contributed by atoms with van der Waals surface area (Å²) in [6.45, 7) is 0. The molecule has 0 aliphatic carbocycles. The summed E-state index contributed by atoms with van der Waals surface area (Å²) >= 11 is 0. The molecule has 0 saturated heterocycles. The van der Waals surface area contributed by atoms with Crippen LogP contribution in [0.25, 0.3) is 0 Å². The largest absolute Gasteiger partial charge is 2.00 e. The fraction of sp³-hybridized carbons (Fsp3) is 0. The molecule has 0 aromatic rings. The first-order valence-electron chi connectivity index (χ1n) is 0. The van der Waals surface area contributed by atoms with E-state index in [0.29, 0.717) is 0 Å². The Labute approximate surface area is 84.9 Å². The van der Waals surface area contributed by atoms with Crippen LogP contribution >= 0.6 is 24.0 Å². The van der Waals surface area contributed by atoms with Crippen molar-refractivity contribution in [3.8, 4) is 0 Å². The third-order valence-corrected chi connectivity index (χ3v) is 0. The first-order chi connectivity index (χ1) is 0. The quantitative estimate of drug-likeness (QED) is 0.252. The van der Waals surface area contributed by atoms with E-state index in [1.54, 1.807) is 0 Å². The SMILES string of the molecule is I.[Li+].[Li+].[Li+].[O-2]. The van der Waals surface area contributed by atoms with Crippen molar-refractivity contribution < 1.29 is 62.1 Å². The van der Waals surface area contributed by atoms with Gasteiger partial charge in [-0.3, -0.25) is 0 Å². The van der Waals surface area contributed by atoms with E-state index in [2.05, 4.69) is 0 Å².